The molecule has 1 aromatic heterocycles. The number of alkyl halides is 1. The zero-order valence-electron chi connectivity index (χ0n) is 7.70. The van der Waals surface area contributed by atoms with E-state index >= 15 is 0 Å². The average molecular weight is 233 g/mol. The number of amides is 1. The molecule has 0 unspecified atom stereocenters. The lowest BCUT2D eigenvalue weighted by atomic mass is 10.1. The molecule has 0 fully saturated rings. The zero-order valence-corrected chi connectivity index (χ0v) is 8.45. The lowest BCUT2D eigenvalue weighted by Crippen LogP contribution is -2.14. The molecule has 1 amide bonds. The summed E-state index contributed by atoms with van der Waals surface area (Å²) in [5.74, 6) is -0.939. The first-order valence-corrected chi connectivity index (χ1v) is 4.68. The summed E-state index contributed by atoms with van der Waals surface area (Å²) in [7, 11) is 0. The average Bonchev–Trinajstić information content (AvgIpc) is 2.58. The van der Waals surface area contributed by atoms with Crippen LogP contribution in [0, 0.1) is 10.1 Å². The van der Waals surface area contributed by atoms with Gasteiger partial charge in [0.25, 0.3) is 5.91 Å². The van der Waals surface area contributed by atoms with Crippen molar-refractivity contribution in [3.8, 4) is 0 Å². The number of aryl methyl sites for hydroxylation is 1. The summed E-state index contributed by atoms with van der Waals surface area (Å²) in [4.78, 5) is 20.8. The zero-order chi connectivity index (χ0) is 11.4. The molecule has 3 N–H and O–H groups in total. The van der Waals surface area contributed by atoms with Crippen LogP contribution in [-0.2, 0) is 6.42 Å². The first kappa shape index (κ1) is 11.4. The number of nitrogens with one attached hydrogen (secondary N) is 1. The molecular weight excluding hydrogens is 224 g/mol. The maximum atomic E-state index is 11.0. The maximum absolute atomic E-state index is 11.0. The van der Waals surface area contributed by atoms with E-state index in [2.05, 4.69) is 10.2 Å². The predicted octanol–water partition coefficient (Wildman–Crippen LogP) is 0.588. The van der Waals surface area contributed by atoms with Gasteiger partial charge in [0.1, 0.15) is 5.69 Å². The van der Waals surface area contributed by atoms with Crippen molar-refractivity contribution in [2.75, 3.05) is 5.88 Å². The monoisotopic (exact) mass is 232 g/mol. The third-order valence-electron chi connectivity index (χ3n) is 1.80. The number of nitro groups is 1. The van der Waals surface area contributed by atoms with Crippen molar-refractivity contribution in [1.82, 2.24) is 10.2 Å². The van der Waals surface area contributed by atoms with Crippen molar-refractivity contribution in [2.45, 2.75) is 12.8 Å². The highest BCUT2D eigenvalue weighted by molar-refractivity contribution is 6.17. The van der Waals surface area contributed by atoms with Crippen LogP contribution in [0.2, 0.25) is 0 Å². The van der Waals surface area contributed by atoms with Gasteiger partial charge in [-0.2, -0.15) is 0 Å². The van der Waals surface area contributed by atoms with E-state index in [1.54, 1.807) is 0 Å². The molecule has 0 radical (unpaired) electrons. The summed E-state index contributed by atoms with van der Waals surface area (Å²) in [6.07, 6.45) is 0.954. The minimum Gasteiger partial charge on any atom is -0.365 e. The molecule has 0 aliphatic carbocycles. The third-order valence-corrected chi connectivity index (χ3v) is 2.07. The van der Waals surface area contributed by atoms with E-state index in [0.717, 1.165) is 0 Å². The van der Waals surface area contributed by atoms with Crippen LogP contribution in [0.5, 0.6) is 0 Å². The number of carbonyl (C=O) groups is 1. The topological polar surface area (TPSA) is 115 Å². The summed E-state index contributed by atoms with van der Waals surface area (Å²) < 4.78 is 0. The van der Waals surface area contributed by atoms with Crippen molar-refractivity contribution in [2.24, 2.45) is 5.73 Å². The van der Waals surface area contributed by atoms with Crippen LogP contribution in [0.4, 0.5) is 5.82 Å². The van der Waals surface area contributed by atoms with Crippen LogP contribution in [0.3, 0.4) is 0 Å². The highest BCUT2D eigenvalue weighted by Gasteiger charge is 2.25. The van der Waals surface area contributed by atoms with Crippen LogP contribution >= 0.6 is 11.6 Å². The predicted molar refractivity (Wildman–Crippen MR) is 52.8 cm³/mol. The van der Waals surface area contributed by atoms with Gasteiger partial charge < -0.3 is 15.8 Å². The summed E-state index contributed by atoms with van der Waals surface area (Å²) in [6, 6.07) is 0. The Labute approximate surface area is 89.7 Å². The van der Waals surface area contributed by atoms with Crippen LogP contribution in [0.25, 0.3) is 0 Å². The van der Waals surface area contributed by atoms with E-state index in [9.17, 15) is 14.9 Å². The van der Waals surface area contributed by atoms with Gasteiger partial charge in [-0.05, 0) is 17.8 Å². The molecule has 1 rings (SSSR count). The van der Waals surface area contributed by atoms with Gasteiger partial charge in [0.2, 0.25) is 0 Å². The van der Waals surface area contributed by atoms with Crippen molar-refractivity contribution < 1.29 is 9.72 Å². The smallest absolute Gasteiger partial charge is 0.355 e. The number of primary amides is 1. The molecule has 1 heterocycles. The van der Waals surface area contributed by atoms with E-state index in [1.807, 2.05) is 0 Å². The van der Waals surface area contributed by atoms with Gasteiger partial charge >= 0.3 is 5.82 Å². The third kappa shape index (κ3) is 2.44. The number of H-pyrrole nitrogens is 1. The molecular formula is C7H9ClN4O3. The molecule has 0 aliphatic heterocycles. The van der Waals surface area contributed by atoms with Crippen molar-refractivity contribution in [3.63, 3.8) is 0 Å². The maximum Gasteiger partial charge on any atom is 0.355 e. The minimum atomic E-state index is -0.861. The van der Waals surface area contributed by atoms with Gasteiger partial charge in [-0.3, -0.25) is 4.79 Å². The number of hydrogen-bond acceptors (Lipinski definition) is 4. The molecule has 15 heavy (non-hydrogen) atoms. The van der Waals surface area contributed by atoms with Gasteiger partial charge in [0.05, 0.1) is 0 Å². The summed E-state index contributed by atoms with van der Waals surface area (Å²) >= 11 is 5.46. The lowest BCUT2D eigenvalue weighted by Gasteiger charge is -1.96. The molecule has 0 aliphatic rings. The number of aromatic nitrogens is 2. The van der Waals surface area contributed by atoms with E-state index < -0.39 is 16.6 Å². The molecule has 0 atom stereocenters. The van der Waals surface area contributed by atoms with E-state index in [4.69, 9.17) is 17.3 Å². The van der Waals surface area contributed by atoms with Crippen LogP contribution < -0.4 is 5.73 Å². The largest absolute Gasteiger partial charge is 0.365 e. The highest BCUT2D eigenvalue weighted by atomic mass is 35.5. The number of carbonyl (C=O) groups excluding carboxylic acids is 1. The van der Waals surface area contributed by atoms with Gasteiger partial charge in [0.15, 0.2) is 5.56 Å². The van der Waals surface area contributed by atoms with Crippen LogP contribution in [0.15, 0.2) is 0 Å². The summed E-state index contributed by atoms with van der Waals surface area (Å²) in [5.41, 5.74) is 5.16. The Morgan fingerprint density at radius 1 is 1.67 bits per heavy atom. The number of hydrogen-bond donors (Lipinski definition) is 2. The molecule has 0 bridgehead atoms. The van der Waals surface area contributed by atoms with Crippen molar-refractivity contribution in [1.29, 1.82) is 0 Å². The normalized spacial score (nSPS) is 10.2. The Balaban J connectivity index is 3.06. The lowest BCUT2D eigenvalue weighted by molar-refractivity contribution is -0.389. The number of nitrogens with two attached hydrogens (primary N) is 1. The van der Waals surface area contributed by atoms with Crippen LogP contribution in [-0.4, -0.2) is 26.9 Å². The number of halogens is 1. The first-order chi connectivity index (χ1) is 7.07. The standard InChI is InChI=1S/C7H9ClN4O3/c8-3-1-2-4-5(6(9)13)7(11-10-4)12(14)15/h1-3H2,(H2,9,13)(H,10,11). The van der Waals surface area contributed by atoms with Crippen molar-refractivity contribution >= 4 is 23.3 Å². The van der Waals surface area contributed by atoms with Gasteiger partial charge in [0, 0.05) is 5.88 Å². The second kappa shape index (κ2) is 4.74. The van der Waals surface area contributed by atoms with E-state index in [0.29, 0.717) is 18.7 Å². The van der Waals surface area contributed by atoms with Crippen LogP contribution in [0.1, 0.15) is 22.5 Å². The number of nitrogens with zero attached hydrogens (tertiary/aromatic N) is 2. The fourth-order valence-electron chi connectivity index (χ4n) is 1.18. The Bertz CT molecular complexity index is 390. The Kier molecular flexibility index (Phi) is 3.62. The van der Waals surface area contributed by atoms with E-state index in [1.165, 1.54) is 0 Å². The fourth-order valence-corrected chi connectivity index (χ4v) is 1.31. The van der Waals surface area contributed by atoms with Gasteiger partial charge in [-0.15, -0.1) is 16.7 Å². The Morgan fingerprint density at radius 3 is 2.80 bits per heavy atom. The highest BCUT2D eigenvalue weighted by Crippen LogP contribution is 2.19. The second-order valence-electron chi connectivity index (χ2n) is 2.81. The molecule has 82 valence electrons. The molecule has 0 saturated carbocycles. The van der Waals surface area contributed by atoms with E-state index in [-0.39, 0.29) is 11.3 Å². The Morgan fingerprint density at radius 2 is 2.33 bits per heavy atom. The summed E-state index contributed by atoms with van der Waals surface area (Å²) in [6.45, 7) is 0. The second-order valence-corrected chi connectivity index (χ2v) is 3.19. The minimum absolute atomic E-state index is 0.162. The Hall–Kier alpha value is -1.63. The molecule has 1 aromatic rings. The van der Waals surface area contributed by atoms with Crippen molar-refractivity contribution in [3.05, 3.63) is 21.4 Å². The quantitative estimate of drug-likeness (QED) is 0.439. The molecule has 8 heteroatoms. The molecule has 0 spiro atoms. The fraction of sp³-hybridized carbons (Fsp3) is 0.429. The van der Waals surface area contributed by atoms with Gasteiger partial charge in [-0.1, -0.05) is 5.10 Å². The number of aromatic amines is 1. The molecule has 0 aromatic carbocycles. The SMILES string of the molecule is NC(=O)c1c(CCCCl)n[nH]c1[N+](=O)[O-]. The molecule has 0 saturated heterocycles. The number of rotatable bonds is 5. The summed E-state index contributed by atoms with van der Waals surface area (Å²) in [5, 5.41) is 16.4. The first-order valence-electron chi connectivity index (χ1n) is 4.15. The molecule has 7 nitrogen and oxygen atoms in total. The van der Waals surface area contributed by atoms with Gasteiger partial charge in [-0.25, -0.2) is 0 Å².